The van der Waals surface area contributed by atoms with E-state index >= 15 is 0 Å². The molecule has 1 amide bonds. The quantitative estimate of drug-likeness (QED) is 0.905. The van der Waals surface area contributed by atoms with Crippen molar-refractivity contribution in [2.75, 3.05) is 18.1 Å². The number of primary amides is 1. The molecule has 3 rings (SSSR count). The maximum Gasteiger partial charge on any atom is 0.252 e. The highest BCUT2D eigenvalue weighted by Crippen LogP contribution is 2.38. The minimum absolute atomic E-state index is 0.402. The maximum absolute atomic E-state index is 11.5. The number of amides is 1. The van der Waals surface area contributed by atoms with Crippen LogP contribution < -0.4 is 15.4 Å². The minimum atomic E-state index is -0.486. The number of aromatic nitrogens is 1. The minimum Gasteiger partial charge on any atom is -0.489 e. The van der Waals surface area contributed by atoms with Gasteiger partial charge in [-0.2, -0.15) is 0 Å². The van der Waals surface area contributed by atoms with Gasteiger partial charge in [-0.25, -0.2) is 4.98 Å². The number of hydrogen-bond acceptors (Lipinski definition) is 4. The van der Waals surface area contributed by atoms with Crippen molar-refractivity contribution in [2.24, 2.45) is 5.73 Å². The molecule has 102 valence electrons. The number of para-hydroxylation sites is 1. The van der Waals surface area contributed by atoms with E-state index in [0.717, 1.165) is 17.1 Å². The number of benzene rings is 1. The summed E-state index contributed by atoms with van der Waals surface area (Å²) in [5.41, 5.74) is 7.72. The fourth-order valence-corrected chi connectivity index (χ4v) is 2.30. The van der Waals surface area contributed by atoms with Crippen LogP contribution in [0.25, 0.3) is 0 Å². The Morgan fingerprint density at radius 1 is 1.35 bits per heavy atom. The van der Waals surface area contributed by atoms with Gasteiger partial charge in [0.1, 0.15) is 12.4 Å². The molecule has 2 heterocycles. The molecule has 0 unspecified atom stereocenters. The van der Waals surface area contributed by atoms with E-state index in [1.165, 1.54) is 0 Å². The molecule has 5 nitrogen and oxygen atoms in total. The fourth-order valence-electron chi connectivity index (χ4n) is 2.30. The van der Waals surface area contributed by atoms with Gasteiger partial charge in [0.15, 0.2) is 5.75 Å². The van der Waals surface area contributed by atoms with E-state index in [4.69, 9.17) is 10.5 Å². The standard InChI is InChI=1S/C15H15N3O2/c1-10-5-6-13(17-9-10)18-7-8-20-14-11(15(16)19)3-2-4-12(14)18/h2-6,9H,7-8H2,1H3,(H2,16,19). The Bertz CT molecular complexity index is 653. The molecule has 0 fully saturated rings. The van der Waals surface area contributed by atoms with Gasteiger partial charge >= 0.3 is 0 Å². The van der Waals surface area contributed by atoms with E-state index in [9.17, 15) is 4.79 Å². The Kier molecular flexibility index (Phi) is 3.02. The van der Waals surface area contributed by atoms with Crippen LogP contribution in [0.2, 0.25) is 0 Å². The zero-order chi connectivity index (χ0) is 14.1. The molecule has 0 radical (unpaired) electrons. The van der Waals surface area contributed by atoms with Crippen molar-refractivity contribution >= 4 is 17.4 Å². The molecule has 0 aliphatic carbocycles. The second kappa shape index (κ2) is 4.85. The first-order valence-corrected chi connectivity index (χ1v) is 6.42. The molecule has 0 bridgehead atoms. The van der Waals surface area contributed by atoms with Gasteiger partial charge in [-0.1, -0.05) is 12.1 Å². The van der Waals surface area contributed by atoms with E-state index in [1.54, 1.807) is 12.1 Å². The molecule has 0 spiro atoms. The largest absolute Gasteiger partial charge is 0.489 e. The molecule has 1 aliphatic rings. The van der Waals surface area contributed by atoms with Gasteiger partial charge < -0.3 is 15.4 Å². The summed E-state index contributed by atoms with van der Waals surface area (Å²) in [4.78, 5) is 17.9. The van der Waals surface area contributed by atoms with Gasteiger partial charge in [-0.05, 0) is 30.7 Å². The monoisotopic (exact) mass is 269 g/mol. The summed E-state index contributed by atoms with van der Waals surface area (Å²) in [5, 5.41) is 0. The first-order chi connectivity index (χ1) is 9.66. The van der Waals surface area contributed by atoms with Crippen molar-refractivity contribution in [3.05, 3.63) is 47.7 Å². The SMILES string of the molecule is Cc1ccc(N2CCOc3c(C(N)=O)cccc32)nc1. The summed E-state index contributed by atoms with van der Waals surface area (Å²) in [6.07, 6.45) is 1.82. The van der Waals surface area contributed by atoms with Crippen LogP contribution in [-0.2, 0) is 0 Å². The molecule has 5 heteroatoms. The Morgan fingerprint density at radius 3 is 2.90 bits per heavy atom. The Labute approximate surface area is 117 Å². The molecule has 1 aromatic heterocycles. The predicted molar refractivity (Wildman–Crippen MR) is 76.4 cm³/mol. The third-order valence-corrected chi connectivity index (χ3v) is 3.28. The molecule has 1 aromatic carbocycles. The number of pyridine rings is 1. The van der Waals surface area contributed by atoms with Crippen molar-refractivity contribution in [2.45, 2.75) is 6.92 Å². The van der Waals surface area contributed by atoms with Crippen molar-refractivity contribution < 1.29 is 9.53 Å². The molecule has 0 atom stereocenters. The van der Waals surface area contributed by atoms with Gasteiger partial charge in [-0.3, -0.25) is 4.79 Å². The highest BCUT2D eigenvalue weighted by Gasteiger charge is 2.24. The summed E-state index contributed by atoms with van der Waals surface area (Å²) in [6.45, 7) is 3.17. The lowest BCUT2D eigenvalue weighted by Crippen LogP contribution is -2.30. The van der Waals surface area contributed by atoms with Gasteiger partial charge in [0.2, 0.25) is 0 Å². The number of aryl methyl sites for hydroxylation is 1. The summed E-state index contributed by atoms with van der Waals surface area (Å²) < 4.78 is 5.62. The lowest BCUT2D eigenvalue weighted by molar-refractivity contribution is 0.0996. The number of rotatable bonds is 2. The molecule has 2 N–H and O–H groups in total. The van der Waals surface area contributed by atoms with Crippen molar-refractivity contribution in [1.29, 1.82) is 0 Å². The van der Waals surface area contributed by atoms with Gasteiger partial charge in [-0.15, -0.1) is 0 Å². The Morgan fingerprint density at radius 2 is 2.20 bits per heavy atom. The van der Waals surface area contributed by atoms with Gasteiger partial charge in [0.05, 0.1) is 17.8 Å². The first kappa shape index (κ1) is 12.5. The van der Waals surface area contributed by atoms with Crippen molar-refractivity contribution in [1.82, 2.24) is 4.98 Å². The lowest BCUT2D eigenvalue weighted by atomic mass is 10.1. The van der Waals surface area contributed by atoms with Crippen LogP contribution in [0.4, 0.5) is 11.5 Å². The van der Waals surface area contributed by atoms with Crippen LogP contribution in [-0.4, -0.2) is 24.0 Å². The van der Waals surface area contributed by atoms with Crippen LogP contribution >= 0.6 is 0 Å². The second-order valence-electron chi connectivity index (χ2n) is 4.71. The molecule has 0 saturated carbocycles. The third kappa shape index (κ3) is 2.07. The van der Waals surface area contributed by atoms with E-state index in [-0.39, 0.29) is 0 Å². The number of nitrogens with zero attached hydrogens (tertiary/aromatic N) is 2. The maximum atomic E-state index is 11.5. The lowest BCUT2D eigenvalue weighted by Gasteiger charge is -2.31. The first-order valence-electron chi connectivity index (χ1n) is 6.42. The average Bonchev–Trinajstić information content (AvgIpc) is 2.47. The zero-order valence-corrected chi connectivity index (χ0v) is 11.2. The second-order valence-corrected chi connectivity index (χ2v) is 4.71. The molecular formula is C15H15N3O2. The van der Waals surface area contributed by atoms with Crippen LogP contribution in [0.3, 0.4) is 0 Å². The number of fused-ring (bicyclic) bond motifs is 1. The molecule has 0 saturated heterocycles. The smallest absolute Gasteiger partial charge is 0.252 e. The molecule has 20 heavy (non-hydrogen) atoms. The summed E-state index contributed by atoms with van der Waals surface area (Å²) >= 11 is 0. The number of anilines is 2. The number of carbonyl (C=O) groups is 1. The zero-order valence-electron chi connectivity index (χ0n) is 11.2. The van der Waals surface area contributed by atoms with Crippen molar-refractivity contribution in [3.8, 4) is 5.75 Å². The number of carbonyl (C=O) groups excluding carboxylic acids is 1. The van der Waals surface area contributed by atoms with Crippen LogP contribution in [0.1, 0.15) is 15.9 Å². The van der Waals surface area contributed by atoms with E-state index in [1.807, 2.05) is 36.2 Å². The van der Waals surface area contributed by atoms with Crippen molar-refractivity contribution in [3.63, 3.8) is 0 Å². The summed E-state index contributed by atoms with van der Waals surface area (Å²) in [6, 6.07) is 9.35. The van der Waals surface area contributed by atoms with E-state index in [2.05, 4.69) is 4.98 Å². The molecule has 1 aliphatic heterocycles. The molecule has 2 aromatic rings. The highest BCUT2D eigenvalue weighted by atomic mass is 16.5. The summed E-state index contributed by atoms with van der Waals surface area (Å²) in [5.74, 6) is 0.885. The van der Waals surface area contributed by atoms with Gasteiger partial charge in [0, 0.05) is 6.20 Å². The number of nitrogens with two attached hydrogens (primary N) is 1. The average molecular weight is 269 g/mol. The van der Waals surface area contributed by atoms with E-state index in [0.29, 0.717) is 24.5 Å². The number of hydrogen-bond donors (Lipinski definition) is 1. The highest BCUT2D eigenvalue weighted by molar-refractivity contribution is 5.98. The Balaban J connectivity index is 2.08. The fraction of sp³-hybridized carbons (Fsp3) is 0.200. The summed E-state index contributed by atoms with van der Waals surface area (Å²) in [7, 11) is 0. The molecular weight excluding hydrogens is 254 g/mol. The van der Waals surface area contributed by atoms with Crippen LogP contribution in [0.5, 0.6) is 5.75 Å². The van der Waals surface area contributed by atoms with Crippen LogP contribution in [0, 0.1) is 6.92 Å². The normalized spacial score (nSPS) is 13.6. The topological polar surface area (TPSA) is 68.5 Å². The van der Waals surface area contributed by atoms with E-state index < -0.39 is 5.91 Å². The number of ether oxygens (including phenoxy) is 1. The van der Waals surface area contributed by atoms with Gasteiger partial charge in [0.25, 0.3) is 5.91 Å². The third-order valence-electron chi connectivity index (χ3n) is 3.28. The Hall–Kier alpha value is -2.56. The van der Waals surface area contributed by atoms with Crippen LogP contribution in [0.15, 0.2) is 36.5 Å². The predicted octanol–water partition coefficient (Wildman–Crippen LogP) is 2.02.